The highest BCUT2D eigenvalue weighted by atomic mass is 16.4. The molecule has 0 spiro atoms. The second-order valence-electron chi connectivity index (χ2n) is 7.60. The minimum absolute atomic E-state index is 0.340. The number of likely N-dealkylation sites (tertiary alicyclic amines) is 1. The van der Waals surface area contributed by atoms with Crippen molar-refractivity contribution >= 4 is 5.97 Å². The van der Waals surface area contributed by atoms with Crippen molar-refractivity contribution in [2.45, 2.75) is 19.4 Å². The molecule has 144 valence electrons. The number of carboxylic acids is 1. The van der Waals surface area contributed by atoms with Gasteiger partial charge in [-0.25, -0.2) is 9.78 Å². The quantitative estimate of drug-likeness (QED) is 0.711. The molecular weight excluding hydrogens is 350 g/mol. The van der Waals surface area contributed by atoms with Gasteiger partial charge in [-0.2, -0.15) is 0 Å². The van der Waals surface area contributed by atoms with E-state index in [0.717, 1.165) is 43.0 Å². The summed E-state index contributed by atoms with van der Waals surface area (Å²) >= 11 is 0. The summed E-state index contributed by atoms with van der Waals surface area (Å²) in [4.78, 5) is 18.4. The molecule has 1 unspecified atom stereocenters. The van der Waals surface area contributed by atoms with Crippen LogP contribution in [0.15, 0.2) is 60.9 Å². The molecule has 28 heavy (non-hydrogen) atoms. The minimum Gasteiger partial charge on any atom is -0.478 e. The van der Waals surface area contributed by atoms with Gasteiger partial charge in [-0.1, -0.05) is 42.5 Å². The maximum Gasteiger partial charge on any atom is 0.336 e. The monoisotopic (exact) mass is 375 g/mol. The number of rotatable bonds is 6. The third-order valence-corrected chi connectivity index (χ3v) is 5.59. The number of hydrogen-bond acceptors (Lipinski definition) is 3. The Hall–Kier alpha value is -2.92. The Bertz CT molecular complexity index is 962. The van der Waals surface area contributed by atoms with Crippen molar-refractivity contribution in [3.8, 4) is 11.1 Å². The summed E-state index contributed by atoms with van der Waals surface area (Å²) < 4.78 is 2.11. The van der Waals surface area contributed by atoms with E-state index in [1.807, 2.05) is 36.7 Å². The van der Waals surface area contributed by atoms with Crippen molar-refractivity contribution in [3.05, 3.63) is 77.9 Å². The number of imidazole rings is 1. The highest BCUT2D eigenvalue weighted by Crippen LogP contribution is 2.26. The van der Waals surface area contributed by atoms with Gasteiger partial charge in [0, 0.05) is 39.0 Å². The van der Waals surface area contributed by atoms with Gasteiger partial charge < -0.3 is 9.67 Å². The molecule has 1 aliphatic rings. The zero-order valence-corrected chi connectivity index (χ0v) is 16.1. The van der Waals surface area contributed by atoms with Crippen LogP contribution in [0.4, 0.5) is 0 Å². The fraction of sp³-hybridized carbons (Fsp3) is 0.304. The normalized spacial score (nSPS) is 17.1. The van der Waals surface area contributed by atoms with Crippen molar-refractivity contribution in [1.82, 2.24) is 14.5 Å². The van der Waals surface area contributed by atoms with E-state index in [0.29, 0.717) is 11.5 Å². The van der Waals surface area contributed by atoms with Gasteiger partial charge in [0.2, 0.25) is 0 Å². The van der Waals surface area contributed by atoms with Crippen LogP contribution in [-0.4, -0.2) is 38.6 Å². The third-order valence-electron chi connectivity index (χ3n) is 5.59. The van der Waals surface area contributed by atoms with E-state index in [-0.39, 0.29) is 0 Å². The molecule has 0 radical (unpaired) electrons. The Morgan fingerprint density at radius 2 is 1.96 bits per heavy atom. The molecule has 3 aromatic rings. The summed E-state index contributed by atoms with van der Waals surface area (Å²) in [6, 6.07) is 15.4. The SMILES string of the molecule is Cn1ccnc1CC1CCN(Cc2ccc(-c3ccccc3C(=O)O)cc2)C1. The summed E-state index contributed by atoms with van der Waals surface area (Å²) in [5, 5.41) is 9.39. The standard InChI is InChI=1S/C23H25N3O2/c1-25-13-11-24-22(25)14-18-10-12-26(16-18)15-17-6-8-19(9-7-17)20-4-2-3-5-21(20)23(27)28/h2-9,11,13,18H,10,12,14-16H2,1H3,(H,27,28). The molecule has 0 aliphatic carbocycles. The number of benzene rings is 2. The molecule has 0 saturated carbocycles. The lowest BCUT2D eigenvalue weighted by molar-refractivity contribution is 0.0697. The molecule has 1 saturated heterocycles. The fourth-order valence-corrected chi connectivity index (χ4v) is 4.04. The molecular formula is C23H25N3O2. The number of aromatic carboxylic acids is 1. The minimum atomic E-state index is -0.893. The zero-order valence-electron chi connectivity index (χ0n) is 16.1. The van der Waals surface area contributed by atoms with E-state index in [2.05, 4.69) is 33.6 Å². The highest BCUT2D eigenvalue weighted by Gasteiger charge is 2.23. The number of carboxylic acid groups (broad SMARTS) is 1. The Labute approximate surface area is 165 Å². The summed E-state index contributed by atoms with van der Waals surface area (Å²) in [5.41, 5.74) is 3.30. The molecule has 2 heterocycles. The van der Waals surface area contributed by atoms with Gasteiger partial charge >= 0.3 is 5.97 Å². The largest absolute Gasteiger partial charge is 0.478 e. The summed E-state index contributed by atoms with van der Waals surface area (Å²) in [5.74, 6) is 0.923. The first kappa shape index (κ1) is 18.4. The molecule has 0 amide bonds. The maximum atomic E-state index is 11.4. The lowest BCUT2D eigenvalue weighted by atomic mass is 9.98. The molecule has 1 atom stereocenters. The van der Waals surface area contributed by atoms with Crippen LogP contribution in [-0.2, 0) is 20.0 Å². The van der Waals surface area contributed by atoms with Crippen LogP contribution in [0.2, 0.25) is 0 Å². The lowest BCUT2D eigenvalue weighted by Crippen LogP contribution is -2.21. The molecule has 2 aromatic carbocycles. The molecule has 1 aliphatic heterocycles. The van der Waals surface area contributed by atoms with E-state index in [4.69, 9.17) is 0 Å². The second kappa shape index (κ2) is 7.98. The first-order valence-electron chi connectivity index (χ1n) is 9.70. The predicted octanol–water partition coefficient (Wildman–Crippen LogP) is 3.85. The number of aryl methyl sites for hydroxylation is 1. The first-order chi connectivity index (χ1) is 13.6. The van der Waals surface area contributed by atoms with E-state index in [9.17, 15) is 9.90 Å². The number of carbonyl (C=O) groups is 1. The van der Waals surface area contributed by atoms with Crippen LogP contribution < -0.4 is 0 Å². The first-order valence-corrected chi connectivity index (χ1v) is 9.70. The number of hydrogen-bond donors (Lipinski definition) is 1. The van der Waals surface area contributed by atoms with Gasteiger partial charge in [-0.15, -0.1) is 0 Å². The van der Waals surface area contributed by atoms with Crippen molar-refractivity contribution < 1.29 is 9.90 Å². The van der Waals surface area contributed by atoms with Crippen LogP contribution >= 0.6 is 0 Å². The maximum absolute atomic E-state index is 11.4. The number of aromatic nitrogens is 2. The van der Waals surface area contributed by atoms with Gasteiger partial charge in [0.05, 0.1) is 5.56 Å². The lowest BCUT2D eigenvalue weighted by Gasteiger charge is -2.16. The Morgan fingerprint density at radius 3 is 2.68 bits per heavy atom. The van der Waals surface area contributed by atoms with E-state index < -0.39 is 5.97 Å². The van der Waals surface area contributed by atoms with Crippen LogP contribution in [0.1, 0.15) is 28.2 Å². The second-order valence-corrected chi connectivity index (χ2v) is 7.60. The smallest absolute Gasteiger partial charge is 0.336 e. The van der Waals surface area contributed by atoms with Crippen molar-refractivity contribution in [1.29, 1.82) is 0 Å². The molecule has 5 nitrogen and oxygen atoms in total. The summed E-state index contributed by atoms with van der Waals surface area (Å²) in [7, 11) is 2.05. The average Bonchev–Trinajstić information content (AvgIpc) is 3.31. The van der Waals surface area contributed by atoms with Crippen molar-refractivity contribution in [2.24, 2.45) is 13.0 Å². The van der Waals surface area contributed by atoms with E-state index in [1.54, 1.807) is 12.1 Å². The van der Waals surface area contributed by atoms with Gasteiger partial charge in [0.15, 0.2) is 0 Å². The van der Waals surface area contributed by atoms with Crippen LogP contribution in [0.5, 0.6) is 0 Å². The molecule has 4 rings (SSSR count). The average molecular weight is 375 g/mol. The van der Waals surface area contributed by atoms with Crippen LogP contribution in [0.3, 0.4) is 0 Å². The molecule has 5 heteroatoms. The molecule has 1 N–H and O–H groups in total. The van der Waals surface area contributed by atoms with Gasteiger partial charge in [-0.3, -0.25) is 4.90 Å². The van der Waals surface area contributed by atoms with Gasteiger partial charge in [-0.05, 0) is 41.6 Å². The van der Waals surface area contributed by atoms with Crippen molar-refractivity contribution in [3.63, 3.8) is 0 Å². The Kier molecular flexibility index (Phi) is 5.26. The van der Waals surface area contributed by atoms with Crippen molar-refractivity contribution in [2.75, 3.05) is 13.1 Å². The highest BCUT2D eigenvalue weighted by molar-refractivity contribution is 5.95. The Morgan fingerprint density at radius 1 is 1.18 bits per heavy atom. The van der Waals surface area contributed by atoms with E-state index in [1.165, 1.54) is 12.0 Å². The van der Waals surface area contributed by atoms with Gasteiger partial charge in [0.1, 0.15) is 5.82 Å². The zero-order chi connectivity index (χ0) is 19.5. The van der Waals surface area contributed by atoms with E-state index >= 15 is 0 Å². The number of nitrogens with zero attached hydrogens (tertiary/aromatic N) is 3. The van der Waals surface area contributed by atoms with Gasteiger partial charge in [0.25, 0.3) is 0 Å². The molecule has 1 aromatic heterocycles. The third kappa shape index (κ3) is 3.99. The fourth-order valence-electron chi connectivity index (χ4n) is 4.04. The van der Waals surface area contributed by atoms with Crippen LogP contribution in [0, 0.1) is 5.92 Å². The topological polar surface area (TPSA) is 58.4 Å². The summed E-state index contributed by atoms with van der Waals surface area (Å²) in [6.07, 6.45) is 6.11. The summed E-state index contributed by atoms with van der Waals surface area (Å²) in [6.45, 7) is 3.13. The molecule has 0 bridgehead atoms. The predicted molar refractivity (Wildman–Crippen MR) is 109 cm³/mol. The Balaban J connectivity index is 1.39. The van der Waals surface area contributed by atoms with Crippen LogP contribution in [0.25, 0.3) is 11.1 Å². The molecule has 1 fully saturated rings.